The van der Waals surface area contributed by atoms with Crippen LogP contribution in [0, 0.1) is 5.92 Å². The van der Waals surface area contributed by atoms with Gasteiger partial charge in [0.25, 0.3) is 0 Å². The van der Waals surface area contributed by atoms with Crippen molar-refractivity contribution in [3.8, 4) is 22.6 Å². The average Bonchev–Trinajstić information content (AvgIpc) is 3.12. The second kappa shape index (κ2) is 18.1. The number of methoxy groups -OCH3 is 1. The van der Waals surface area contributed by atoms with Crippen LogP contribution in [0.25, 0.3) is 11.1 Å². The lowest BCUT2D eigenvalue weighted by atomic mass is 9.90. The van der Waals surface area contributed by atoms with Gasteiger partial charge in [-0.1, -0.05) is 56.0 Å². The fourth-order valence-electron chi connectivity index (χ4n) is 5.76. The Balaban J connectivity index is 1.71. The standard InChI is InChI=1S/C40H48N4O10/c1-24-19-33(46)35(44(6)39(50)53-23-26-11-9-8-10-12-26)28-14-16-34(52-18-17-41-25(2)42-38(49)54-40(3,4)5)30(22-28)29-20-27(13-15-32(29)45)21-31(37(48)51-7)43-36(24)47/h8-16,20,22,24,31,35,41,45H,2,17-19,21,23H2,1,3-7H3,(H,42,49)(H,43,47)/t24-,31+,35+/m1/s1. The summed E-state index contributed by atoms with van der Waals surface area (Å²) in [5.41, 5.74) is 1.69. The van der Waals surface area contributed by atoms with Crippen molar-refractivity contribution in [2.24, 2.45) is 5.92 Å². The number of ketones is 1. The molecule has 3 amide bonds. The number of ether oxygens (including phenoxy) is 4. The minimum atomic E-state index is -1.22. The number of nitrogens with zero attached hydrogens (tertiary/aromatic N) is 1. The lowest BCUT2D eigenvalue weighted by molar-refractivity contribution is -0.145. The van der Waals surface area contributed by atoms with Gasteiger partial charge in [0.1, 0.15) is 48.2 Å². The van der Waals surface area contributed by atoms with Gasteiger partial charge in [0.15, 0.2) is 5.78 Å². The molecule has 4 N–H and O–H groups in total. The number of fused-ring (bicyclic) bond motifs is 5. The molecule has 0 unspecified atom stereocenters. The molecule has 1 aliphatic rings. The van der Waals surface area contributed by atoms with E-state index in [2.05, 4.69) is 22.5 Å². The normalized spacial score (nSPS) is 17.2. The molecule has 288 valence electrons. The minimum Gasteiger partial charge on any atom is -0.507 e. The molecule has 0 spiro atoms. The highest BCUT2D eigenvalue weighted by Crippen LogP contribution is 2.40. The molecule has 0 aromatic heterocycles. The summed E-state index contributed by atoms with van der Waals surface area (Å²) in [4.78, 5) is 67.0. The number of alkyl carbamates (subject to hydrolysis) is 1. The van der Waals surface area contributed by atoms with E-state index < -0.39 is 53.4 Å². The van der Waals surface area contributed by atoms with E-state index in [9.17, 15) is 29.1 Å². The van der Waals surface area contributed by atoms with E-state index in [1.165, 1.54) is 25.1 Å². The van der Waals surface area contributed by atoms with Gasteiger partial charge in [0.2, 0.25) is 5.91 Å². The molecule has 54 heavy (non-hydrogen) atoms. The number of amides is 3. The van der Waals surface area contributed by atoms with Gasteiger partial charge >= 0.3 is 18.2 Å². The highest BCUT2D eigenvalue weighted by molar-refractivity contribution is 5.94. The first-order valence-electron chi connectivity index (χ1n) is 17.4. The lowest BCUT2D eigenvalue weighted by Gasteiger charge is -2.29. The Morgan fingerprint density at radius 2 is 1.72 bits per heavy atom. The SMILES string of the molecule is C=C(NCCOc1ccc2cc1-c1cc(ccc1O)C[C@@H](C(=O)OC)NC(=O)[C@H](C)CC(=O)[C@H]2N(C)C(=O)OCc1ccccc1)NC(=O)OC(C)(C)C. The van der Waals surface area contributed by atoms with E-state index in [0.717, 1.165) is 5.56 Å². The second-order valence-corrected chi connectivity index (χ2v) is 13.9. The Morgan fingerprint density at radius 1 is 1.00 bits per heavy atom. The summed E-state index contributed by atoms with van der Waals surface area (Å²) < 4.78 is 21.9. The van der Waals surface area contributed by atoms with Crippen LogP contribution >= 0.6 is 0 Å². The van der Waals surface area contributed by atoms with E-state index in [1.807, 2.05) is 18.2 Å². The predicted octanol–water partition coefficient (Wildman–Crippen LogP) is 5.14. The van der Waals surface area contributed by atoms with E-state index >= 15 is 0 Å². The quantitative estimate of drug-likeness (QED) is 0.123. The maximum Gasteiger partial charge on any atom is 0.413 e. The fourth-order valence-corrected chi connectivity index (χ4v) is 5.76. The number of aromatic hydroxyl groups is 1. The number of likely N-dealkylation sites (N-methyl/N-ethyl adjacent to an activating group) is 1. The summed E-state index contributed by atoms with van der Waals surface area (Å²) in [7, 11) is 2.64. The lowest BCUT2D eigenvalue weighted by Crippen LogP contribution is -2.46. The highest BCUT2D eigenvalue weighted by atomic mass is 16.6. The molecule has 0 fully saturated rings. The van der Waals surface area contributed by atoms with Crippen molar-refractivity contribution in [3.63, 3.8) is 0 Å². The molecule has 3 aromatic carbocycles. The van der Waals surface area contributed by atoms with Gasteiger partial charge in [-0.3, -0.25) is 19.8 Å². The molecule has 1 aliphatic heterocycles. The van der Waals surface area contributed by atoms with Crippen molar-refractivity contribution in [1.29, 1.82) is 0 Å². The number of hydrogen-bond donors (Lipinski definition) is 4. The summed E-state index contributed by atoms with van der Waals surface area (Å²) in [6.07, 6.45) is -1.70. The smallest absolute Gasteiger partial charge is 0.413 e. The number of phenolic OH excluding ortho intramolecular Hbond substituents is 1. The summed E-state index contributed by atoms with van der Waals surface area (Å²) in [6, 6.07) is 16.4. The molecule has 14 nitrogen and oxygen atoms in total. The van der Waals surface area contributed by atoms with Crippen LogP contribution in [0.1, 0.15) is 56.8 Å². The monoisotopic (exact) mass is 744 g/mol. The van der Waals surface area contributed by atoms with Crippen molar-refractivity contribution in [3.05, 3.63) is 95.8 Å². The molecule has 0 aliphatic carbocycles. The molecule has 3 aromatic rings. The number of nitrogens with one attached hydrogen (secondary N) is 3. The van der Waals surface area contributed by atoms with E-state index in [4.69, 9.17) is 18.9 Å². The largest absolute Gasteiger partial charge is 0.507 e. The van der Waals surface area contributed by atoms with E-state index in [0.29, 0.717) is 28.0 Å². The number of hydrogen-bond acceptors (Lipinski definition) is 11. The summed E-state index contributed by atoms with van der Waals surface area (Å²) >= 11 is 0. The number of carbonyl (C=O) groups is 5. The van der Waals surface area contributed by atoms with Crippen LogP contribution in [-0.4, -0.2) is 78.8 Å². The third-order valence-corrected chi connectivity index (χ3v) is 8.40. The van der Waals surface area contributed by atoms with Crippen molar-refractivity contribution >= 4 is 29.8 Å². The number of Topliss-reactive ketones (excluding diaryl/α,β-unsaturated/α-hetero) is 1. The first kappa shape index (κ1) is 40.7. The first-order chi connectivity index (χ1) is 25.6. The topological polar surface area (TPSA) is 182 Å². The number of carbonyl (C=O) groups excluding carboxylic acids is 5. The van der Waals surface area contributed by atoms with Crippen molar-refractivity contribution in [2.45, 2.75) is 64.8 Å². The van der Waals surface area contributed by atoms with Crippen LogP contribution < -0.4 is 20.7 Å². The maximum atomic E-state index is 14.1. The maximum absolute atomic E-state index is 14.1. The molecule has 4 rings (SSSR count). The number of benzene rings is 3. The van der Waals surface area contributed by atoms with Gasteiger partial charge in [-0.25, -0.2) is 14.4 Å². The molecule has 0 saturated heterocycles. The third kappa shape index (κ3) is 11.2. The second-order valence-electron chi connectivity index (χ2n) is 13.9. The minimum absolute atomic E-state index is 0.0253. The zero-order valence-electron chi connectivity index (χ0n) is 31.4. The fraction of sp³-hybridized carbons (Fsp3) is 0.375. The average molecular weight is 745 g/mol. The van der Waals surface area contributed by atoms with Gasteiger partial charge in [-0.05, 0) is 61.7 Å². The third-order valence-electron chi connectivity index (χ3n) is 8.40. The number of esters is 1. The molecular weight excluding hydrogens is 696 g/mol. The Bertz CT molecular complexity index is 1860. The van der Waals surface area contributed by atoms with Gasteiger partial charge in [-0.15, -0.1) is 0 Å². The van der Waals surface area contributed by atoms with Gasteiger partial charge in [-0.2, -0.15) is 0 Å². The van der Waals surface area contributed by atoms with Gasteiger partial charge in [0.05, 0.1) is 13.7 Å². The zero-order valence-corrected chi connectivity index (χ0v) is 31.4. The van der Waals surface area contributed by atoms with Crippen LogP contribution in [-0.2, 0) is 41.6 Å². The zero-order chi connectivity index (χ0) is 39.6. The Hall–Kier alpha value is -6.05. The molecule has 0 saturated carbocycles. The molecule has 14 heteroatoms. The van der Waals surface area contributed by atoms with Crippen molar-refractivity contribution < 1.29 is 48.0 Å². The highest BCUT2D eigenvalue weighted by Gasteiger charge is 2.34. The predicted molar refractivity (Wildman–Crippen MR) is 199 cm³/mol. The van der Waals surface area contributed by atoms with Crippen LogP contribution in [0.15, 0.2) is 79.1 Å². The first-order valence-corrected chi connectivity index (χ1v) is 17.4. The van der Waals surface area contributed by atoms with Crippen molar-refractivity contribution in [2.75, 3.05) is 27.3 Å². The number of rotatable bonds is 10. The molecule has 0 radical (unpaired) electrons. The van der Waals surface area contributed by atoms with Crippen LogP contribution in [0.5, 0.6) is 11.5 Å². The Kier molecular flexibility index (Phi) is 13.7. The van der Waals surface area contributed by atoms with Crippen LogP contribution in [0.4, 0.5) is 9.59 Å². The van der Waals surface area contributed by atoms with Crippen molar-refractivity contribution in [1.82, 2.24) is 20.9 Å². The Morgan fingerprint density at radius 3 is 2.41 bits per heavy atom. The molecule has 4 bridgehead atoms. The van der Waals surface area contributed by atoms with Crippen LogP contribution in [0.2, 0.25) is 0 Å². The summed E-state index contributed by atoms with van der Waals surface area (Å²) in [5, 5.41) is 19.3. The van der Waals surface area contributed by atoms with Crippen LogP contribution in [0.3, 0.4) is 0 Å². The van der Waals surface area contributed by atoms with Gasteiger partial charge in [0, 0.05) is 36.9 Å². The summed E-state index contributed by atoms with van der Waals surface area (Å²) in [6.45, 7) is 10.8. The van der Waals surface area contributed by atoms with E-state index in [1.54, 1.807) is 70.2 Å². The number of phenols is 1. The molecule has 1 heterocycles. The molecule has 3 atom stereocenters. The molecular formula is C40H48N4O10. The van der Waals surface area contributed by atoms with E-state index in [-0.39, 0.29) is 44.2 Å². The van der Waals surface area contributed by atoms with Gasteiger partial charge < -0.3 is 34.7 Å². The summed E-state index contributed by atoms with van der Waals surface area (Å²) in [5.74, 6) is -2.22. The Labute approximate surface area is 314 Å².